The van der Waals surface area contributed by atoms with E-state index in [1.807, 2.05) is 0 Å². The van der Waals surface area contributed by atoms with Crippen LogP contribution in [0.1, 0.15) is 16.1 Å². The number of ether oxygens (including phenoxy) is 1. The van der Waals surface area contributed by atoms with E-state index in [0.717, 1.165) is 0 Å². The third-order valence-corrected chi connectivity index (χ3v) is 2.97. The minimum atomic E-state index is -0.474. The summed E-state index contributed by atoms with van der Waals surface area (Å²) in [6.07, 6.45) is 0. The van der Waals surface area contributed by atoms with E-state index < -0.39 is 5.91 Å². The van der Waals surface area contributed by atoms with E-state index in [2.05, 4.69) is 10.5 Å². The molecule has 1 aromatic heterocycles. The van der Waals surface area contributed by atoms with Crippen molar-refractivity contribution in [1.29, 1.82) is 0 Å². The Hall–Kier alpha value is -1.72. The zero-order valence-corrected chi connectivity index (χ0v) is 11.7. The van der Waals surface area contributed by atoms with Gasteiger partial charge in [0.2, 0.25) is 0 Å². The molecular formula is C12H10Cl2N2O3. The predicted octanol–water partition coefficient (Wildman–Crippen LogP) is 3.55. The first-order valence-electron chi connectivity index (χ1n) is 5.29. The van der Waals surface area contributed by atoms with E-state index in [4.69, 9.17) is 32.5 Å². The quantitative estimate of drug-likeness (QED) is 0.941. The van der Waals surface area contributed by atoms with Gasteiger partial charge in [0.05, 0.1) is 17.2 Å². The van der Waals surface area contributed by atoms with Gasteiger partial charge in [0.1, 0.15) is 11.3 Å². The molecule has 7 heteroatoms. The van der Waals surface area contributed by atoms with Crippen molar-refractivity contribution in [3.8, 4) is 5.75 Å². The summed E-state index contributed by atoms with van der Waals surface area (Å²) >= 11 is 12.0. The number of nitrogens with one attached hydrogen (secondary N) is 1. The van der Waals surface area contributed by atoms with Gasteiger partial charge in [-0.3, -0.25) is 4.79 Å². The van der Waals surface area contributed by atoms with Crippen LogP contribution in [0, 0.1) is 6.92 Å². The second-order valence-corrected chi connectivity index (χ2v) is 4.53. The van der Waals surface area contributed by atoms with Crippen molar-refractivity contribution in [3.63, 3.8) is 0 Å². The molecule has 0 saturated carbocycles. The molecule has 19 heavy (non-hydrogen) atoms. The minimum absolute atomic E-state index is 0.150. The molecule has 0 aliphatic carbocycles. The number of hydrogen-bond donors (Lipinski definition) is 1. The van der Waals surface area contributed by atoms with Gasteiger partial charge in [-0.1, -0.05) is 28.4 Å². The fourth-order valence-corrected chi connectivity index (χ4v) is 2.02. The zero-order chi connectivity index (χ0) is 14.0. The lowest BCUT2D eigenvalue weighted by Crippen LogP contribution is -2.14. The van der Waals surface area contributed by atoms with Crippen molar-refractivity contribution in [3.05, 3.63) is 39.6 Å². The molecule has 0 bridgehead atoms. The largest absolute Gasteiger partial charge is 0.494 e. The number of aryl methyl sites for hydroxylation is 1. The molecule has 2 aromatic rings. The molecule has 0 aliphatic heterocycles. The third-order valence-electron chi connectivity index (χ3n) is 2.36. The number of carbonyl (C=O) groups is 1. The van der Waals surface area contributed by atoms with Crippen LogP contribution in [-0.2, 0) is 0 Å². The first-order valence-corrected chi connectivity index (χ1v) is 6.05. The second-order valence-electron chi connectivity index (χ2n) is 3.71. The van der Waals surface area contributed by atoms with Gasteiger partial charge in [0.25, 0.3) is 5.91 Å². The molecule has 1 amide bonds. The van der Waals surface area contributed by atoms with Crippen LogP contribution < -0.4 is 10.1 Å². The average Bonchev–Trinajstić information content (AvgIpc) is 2.77. The molecule has 1 heterocycles. The number of hydrogen-bond acceptors (Lipinski definition) is 4. The number of benzene rings is 1. The highest BCUT2D eigenvalue weighted by atomic mass is 35.5. The number of halogens is 2. The number of aromatic nitrogens is 1. The van der Waals surface area contributed by atoms with Crippen molar-refractivity contribution in [2.45, 2.75) is 6.92 Å². The standard InChI is InChI=1S/C12H10Cl2N2O3/c1-6-5-9(16-19-6)15-12(17)10-7(13)3-4-8(14)11(10)18-2/h3-5H,1-2H3,(H,15,16,17). The minimum Gasteiger partial charge on any atom is -0.494 e. The Labute approximate surface area is 119 Å². The smallest absolute Gasteiger partial charge is 0.262 e. The summed E-state index contributed by atoms with van der Waals surface area (Å²) in [6.45, 7) is 1.72. The van der Waals surface area contributed by atoms with Crippen LogP contribution in [0.4, 0.5) is 5.82 Å². The molecule has 0 saturated heterocycles. The monoisotopic (exact) mass is 300 g/mol. The zero-order valence-electron chi connectivity index (χ0n) is 10.2. The number of methoxy groups -OCH3 is 1. The van der Waals surface area contributed by atoms with Crippen LogP contribution in [-0.4, -0.2) is 18.2 Å². The molecule has 1 aromatic carbocycles. The molecule has 100 valence electrons. The van der Waals surface area contributed by atoms with E-state index >= 15 is 0 Å². The van der Waals surface area contributed by atoms with Crippen molar-refractivity contribution < 1.29 is 14.1 Å². The van der Waals surface area contributed by atoms with E-state index in [0.29, 0.717) is 16.6 Å². The first kappa shape index (κ1) is 13.7. The Bertz CT molecular complexity index is 625. The summed E-state index contributed by atoms with van der Waals surface area (Å²) < 4.78 is 9.96. The Balaban J connectivity index is 2.36. The third kappa shape index (κ3) is 2.83. The summed E-state index contributed by atoms with van der Waals surface area (Å²) in [5.41, 5.74) is 0.150. The van der Waals surface area contributed by atoms with Crippen LogP contribution >= 0.6 is 23.2 Å². The SMILES string of the molecule is COc1c(Cl)ccc(Cl)c1C(=O)Nc1cc(C)on1. The fraction of sp³-hybridized carbons (Fsp3) is 0.167. The maximum absolute atomic E-state index is 12.2. The Kier molecular flexibility index (Phi) is 3.97. The highest BCUT2D eigenvalue weighted by Crippen LogP contribution is 2.34. The van der Waals surface area contributed by atoms with Crippen LogP contribution in [0.2, 0.25) is 10.0 Å². The molecule has 0 atom stereocenters. The van der Waals surface area contributed by atoms with Gasteiger partial charge in [-0.05, 0) is 19.1 Å². The van der Waals surface area contributed by atoms with Crippen molar-refractivity contribution in [2.24, 2.45) is 0 Å². The summed E-state index contributed by atoms with van der Waals surface area (Å²) in [5, 5.41) is 6.75. The Morgan fingerprint density at radius 2 is 2.05 bits per heavy atom. The lowest BCUT2D eigenvalue weighted by Gasteiger charge is -2.11. The summed E-state index contributed by atoms with van der Waals surface area (Å²) in [7, 11) is 1.41. The molecule has 0 spiro atoms. The van der Waals surface area contributed by atoms with Crippen LogP contribution in [0.3, 0.4) is 0 Å². The van der Waals surface area contributed by atoms with Crippen LogP contribution in [0.5, 0.6) is 5.75 Å². The topological polar surface area (TPSA) is 64.4 Å². The second kappa shape index (κ2) is 5.50. The van der Waals surface area contributed by atoms with Crippen LogP contribution in [0.15, 0.2) is 22.7 Å². The lowest BCUT2D eigenvalue weighted by atomic mass is 10.2. The molecule has 0 fully saturated rings. The number of nitrogens with zero attached hydrogens (tertiary/aromatic N) is 1. The number of carbonyl (C=O) groups excluding carboxylic acids is 1. The molecule has 2 rings (SSSR count). The summed E-state index contributed by atoms with van der Waals surface area (Å²) in [4.78, 5) is 12.2. The highest BCUT2D eigenvalue weighted by molar-refractivity contribution is 6.37. The van der Waals surface area contributed by atoms with Gasteiger partial charge < -0.3 is 14.6 Å². The fourth-order valence-electron chi connectivity index (χ4n) is 1.55. The molecule has 5 nitrogen and oxygen atoms in total. The van der Waals surface area contributed by atoms with Crippen LogP contribution in [0.25, 0.3) is 0 Å². The molecule has 0 radical (unpaired) electrons. The van der Waals surface area contributed by atoms with Gasteiger partial charge in [-0.2, -0.15) is 0 Å². The van der Waals surface area contributed by atoms with E-state index in [-0.39, 0.29) is 16.3 Å². The van der Waals surface area contributed by atoms with Gasteiger partial charge in [0.15, 0.2) is 11.6 Å². The predicted molar refractivity (Wildman–Crippen MR) is 72.2 cm³/mol. The van der Waals surface area contributed by atoms with E-state index in [1.54, 1.807) is 19.1 Å². The van der Waals surface area contributed by atoms with Crippen molar-refractivity contribution in [2.75, 3.05) is 12.4 Å². The lowest BCUT2D eigenvalue weighted by molar-refractivity contribution is 0.102. The highest BCUT2D eigenvalue weighted by Gasteiger charge is 2.20. The molecule has 0 aliphatic rings. The summed E-state index contributed by atoms with van der Waals surface area (Å²) in [6, 6.07) is 4.66. The van der Waals surface area contributed by atoms with Gasteiger partial charge in [0, 0.05) is 6.07 Å². The molecular weight excluding hydrogens is 291 g/mol. The number of amides is 1. The first-order chi connectivity index (χ1) is 9.02. The number of rotatable bonds is 3. The summed E-state index contributed by atoms with van der Waals surface area (Å²) in [5.74, 6) is 0.615. The van der Waals surface area contributed by atoms with Gasteiger partial charge in [-0.25, -0.2) is 0 Å². The van der Waals surface area contributed by atoms with Gasteiger partial charge in [-0.15, -0.1) is 0 Å². The normalized spacial score (nSPS) is 10.3. The van der Waals surface area contributed by atoms with Crippen molar-refractivity contribution >= 4 is 34.9 Å². The average molecular weight is 301 g/mol. The van der Waals surface area contributed by atoms with Crippen molar-refractivity contribution in [1.82, 2.24) is 5.16 Å². The molecule has 1 N–H and O–H groups in total. The van der Waals surface area contributed by atoms with E-state index in [9.17, 15) is 4.79 Å². The Morgan fingerprint density at radius 1 is 1.37 bits per heavy atom. The van der Waals surface area contributed by atoms with E-state index in [1.165, 1.54) is 13.2 Å². The Morgan fingerprint density at radius 3 is 2.63 bits per heavy atom. The maximum Gasteiger partial charge on any atom is 0.262 e. The molecule has 0 unspecified atom stereocenters. The number of anilines is 1. The van der Waals surface area contributed by atoms with Gasteiger partial charge >= 0.3 is 0 Å². The maximum atomic E-state index is 12.2.